The lowest BCUT2D eigenvalue weighted by molar-refractivity contribution is 0.317. The Hall–Kier alpha value is -2.37. The van der Waals surface area contributed by atoms with Gasteiger partial charge in [0, 0.05) is 0 Å². The van der Waals surface area contributed by atoms with E-state index in [-0.39, 0.29) is 11.8 Å². The van der Waals surface area contributed by atoms with Crippen LogP contribution in [0.15, 0.2) is 30.5 Å². The molecule has 100 valence electrons. The van der Waals surface area contributed by atoms with E-state index in [4.69, 9.17) is 15.2 Å². The maximum Gasteiger partial charge on any atom is 0.260 e. The molecule has 0 fully saturated rings. The van der Waals surface area contributed by atoms with E-state index in [0.29, 0.717) is 12.4 Å². The standard InChI is InChI=1S/C13H14FN3O2/c1-2-7-18-9-3-5-10(6-4-9)19-12-11(14)8-16-13(15)17-12/h3-6,8H,2,7H2,1H3,(H2,15,16,17). The van der Waals surface area contributed by atoms with Crippen LogP contribution in [0.25, 0.3) is 0 Å². The Morgan fingerprint density at radius 3 is 2.58 bits per heavy atom. The summed E-state index contributed by atoms with van der Waals surface area (Å²) in [5.74, 6) is 0.271. The highest BCUT2D eigenvalue weighted by Gasteiger charge is 2.08. The summed E-state index contributed by atoms with van der Waals surface area (Å²) in [5.41, 5.74) is 5.37. The Morgan fingerprint density at radius 1 is 1.21 bits per heavy atom. The van der Waals surface area contributed by atoms with Gasteiger partial charge in [0.25, 0.3) is 5.88 Å². The second-order valence-corrected chi connectivity index (χ2v) is 3.80. The van der Waals surface area contributed by atoms with Gasteiger partial charge in [0.05, 0.1) is 12.8 Å². The van der Waals surface area contributed by atoms with E-state index < -0.39 is 5.82 Å². The van der Waals surface area contributed by atoms with Crippen molar-refractivity contribution in [2.75, 3.05) is 12.3 Å². The quantitative estimate of drug-likeness (QED) is 0.898. The van der Waals surface area contributed by atoms with Crippen LogP contribution in [0.2, 0.25) is 0 Å². The summed E-state index contributed by atoms with van der Waals surface area (Å²) in [7, 11) is 0. The van der Waals surface area contributed by atoms with Gasteiger partial charge in [-0.1, -0.05) is 6.92 Å². The van der Waals surface area contributed by atoms with Gasteiger partial charge in [0.1, 0.15) is 11.5 Å². The highest BCUT2D eigenvalue weighted by atomic mass is 19.1. The number of halogens is 1. The molecule has 0 unspecified atom stereocenters. The zero-order valence-electron chi connectivity index (χ0n) is 10.5. The highest BCUT2D eigenvalue weighted by Crippen LogP contribution is 2.24. The molecule has 2 aromatic rings. The Bertz CT molecular complexity index is 546. The van der Waals surface area contributed by atoms with Crippen LogP contribution in [0.1, 0.15) is 13.3 Å². The smallest absolute Gasteiger partial charge is 0.260 e. The van der Waals surface area contributed by atoms with Gasteiger partial charge in [0.15, 0.2) is 0 Å². The fourth-order valence-electron chi connectivity index (χ4n) is 1.37. The van der Waals surface area contributed by atoms with Crippen LogP contribution in [-0.2, 0) is 0 Å². The van der Waals surface area contributed by atoms with Crippen molar-refractivity contribution in [2.24, 2.45) is 0 Å². The molecule has 0 saturated carbocycles. The van der Waals surface area contributed by atoms with Crippen LogP contribution >= 0.6 is 0 Å². The molecule has 0 aliphatic rings. The van der Waals surface area contributed by atoms with Gasteiger partial charge in [0.2, 0.25) is 11.8 Å². The summed E-state index contributed by atoms with van der Waals surface area (Å²) in [4.78, 5) is 7.20. The minimum Gasteiger partial charge on any atom is -0.494 e. The Morgan fingerprint density at radius 2 is 1.89 bits per heavy atom. The van der Waals surface area contributed by atoms with Gasteiger partial charge in [-0.25, -0.2) is 4.98 Å². The number of hydrogen-bond acceptors (Lipinski definition) is 5. The zero-order valence-corrected chi connectivity index (χ0v) is 10.5. The van der Waals surface area contributed by atoms with Crippen molar-refractivity contribution in [3.63, 3.8) is 0 Å². The van der Waals surface area contributed by atoms with Crippen molar-refractivity contribution in [1.29, 1.82) is 0 Å². The van der Waals surface area contributed by atoms with Crippen molar-refractivity contribution >= 4 is 5.95 Å². The Kier molecular flexibility index (Phi) is 4.12. The molecule has 0 amide bonds. The largest absolute Gasteiger partial charge is 0.494 e. The van der Waals surface area contributed by atoms with Crippen molar-refractivity contribution in [3.8, 4) is 17.4 Å². The number of benzene rings is 1. The Labute approximate surface area is 110 Å². The van der Waals surface area contributed by atoms with Gasteiger partial charge in [-0.15, -0.1) is 0 Å². The molecular formula is C13H14FN3O2. The molecule has 0 radical (unpaired) electrons. The summed E-state index contributed by atoms with van der Waals surface area (Å²) < 4.78 is 24.1. The minimum atomic E-state index is -0.666. The molecule has 0 saturated heterocycles. The molecule has 5 nitrogen and oxygen atoms in total. The monoisotopic (exact) mass is 263 g/mol. The number of nitrogen functional groups attached to an aromatic ring is 1. The summed E-state index contributed by atoms with van der Waals surface area (Å²) >= 11 is 0. The maximum absolute atomic E-state index is 13.4. The SMILES string of the molecule is CCCOc1ccc(Oc2nc(N)ncc2F)cc1. The summed E-state index contributed by atoms with van der Waals surface area (Å²) in [6.07, 6.45) is 1.90. The van der Waals surface area contributed by atoms with E-state index in [0.717, 1.165) is 18.4 Å². The van der Waals surface area contributed by atoms with E-state index in [2.05, 4.69) is 9.97 Å². The first kappa shape index (κ1) is 13.1. The van der Waals surface area contributed by atoms with Crippen LogP contribution in [0.4, 0.5) is 10.3 Å². The Balaban J connectivity index is 2.08. The predicted molar refractivity (Wildman–Crippen MR) is 68.7 cm³/mol. The molecule has 0 atom stereocenters. The third-order valence-corrected chi connectivity index (χ3v) is 2.24. The molecule has 0 bridgehead atoms. The molecule has 1 heterocycles. The molecule has 2 N–H and O–H groups in total. The fraction of sp³-hybridized carbons (Fsp3) is 0.231. The number of rotatable bonds is 5. The predicted octanol–water partition coefficient (Wildman–Crippen LogP) is 2.78. The molecule has 2 rings (SSSR count). The summed E-state index contributed by atoms with van der Waals surface area (Å²) in [5, 5.41) is 0. The van der Waals surface area contributed by atoms with Crippen LogP contribution in [0, 0.1) is 5.82 Å². The number of nitrogens with two attached hydrogens (primary N) is 1. The molecular weight excluding hydrogens is 249 g/mol. The van der Waals surface area contributed by atoms with E-state index >= 15 is 0 Å². The third-order valence-electron chi connectivity index (χ3n) is 2.24. The maximum atomic E-state index is 13.4. The van der Waals surface area contributed by atoms with Crippen LogP contribution in [0.5, 0.6) is 17.4 Å². The van der Waals surface area contributed by atoms with Crippen molar-refractivity contribution in [3.05, 3.63) is 36.3 Å². The average molecular weight is 263 g/mol. The molecule has 0 aliphatic heterocycles. The molecule has 1 aromatic carbocycles. The van der Waals surface area contributed by atoms with E-state index in [9.17, 15) is 4.39 Å². The molecule has 0 aliphatic carbocycles. The van der Waals surface area contributed by atoms with Crippen LogP contribution in [0.3, 0.4) is 0 Å². The molecule has 19 heavy (non-hydrogen) atoms. The second kappa shape index (κ2) is 5.99. The number of nitrogens with zero attached hydrogens (tertiary/aromatic N) is 2. The van der Waals surface area contributed by atoms with Crippen molar-refractivity contribution in [1.82, 2.24) is 9.97 Å². The first-order valence-electron chi connectivity index (χ1n) is 5.87. The molecule has 0 spiro atoms. The van der Waals surface area contributed by atoms with E-state index in [1.165, 1.54) is 0 Å². The van der Waals surface area contributed by atoms with Crippen LogP contribution in [-0.4, -0.2) is 16.6 Å². The van der Waals surface area contributed by atoms with E-state index in [1.54, 1.807) is 24.3 Å². The second-order valence-electron chi connectivity index (χ2n) is 3.80. The lowest BCUT2D eigenvalue weighted by atomic mass is 10.3. The molecule has 1 aromatic heterocycles. The fourth-order valence-corrected chi connectivity index (χ4v) is 1.37. The number of aromatic nitrogens is 2. The molecule has 6 heteroatoms. The van der Waals surface area contributed by atoms with Crippen molar-refractivity contribution < 1.29 is 13.9 Å². The number of ether oxygens (including phenoxy) is 2. The van der Waals surface area contributed by atoms with Crippen LogP contribution < -0.4 is 15.2 Å². The topological polar surface area (TPSA) is 70.3 Å². The van der Waals surface area contributed by atoms with Crippen molar-refractivity contribution in [2.45, 2.75) is 13.3 Å². The average Bonchev–Trinajstić information content (AvgIpc) is 2.42. The van der Waals surface area contributed by atoms with Gasteiger partial charge < -0.3 is 15.2 Å². The van der Waals surface area contributed by atoms with E-state index in [1.807, 2.05) is 6.92 Å². The normalized spacial score (nSPS) is 10.2. The minimum absolute atomic E-state index is 0.0423. The lowest BCUT2D eigenvalue weighted by Gasteiger charge is -2.07. The summed E-state index contributed by atoms with van der Waals surface area (Å²) in [6, 6.07) is 6.83. The third kappa shape index (κ3) is 3.54. The first-order chi connectivity index (χ1) is 9.19. The lowest BCUT2D eigenvalue weighted by Crippen LogP contribution is -1.99. The zero-order chi connectivity index (χ0) is 13.7. The highest BCUT2D eigenvalue weighted by molar-refractivity contribution is 5.34. The summed E-state index contributed by atoms with van der Waals surface area (Å²) in [6.45, 7) is 2.68. The van der Waals surface area contributed by atoms with Gasteiger partial charge in [-0.2, -0.15) is 9.37 Å². The first-order valence-corrected chi connectivity index (χ1v) is 5.87. The van der Waals surface area contributed by atoms with Gasteiger partial charge in [-0.3, -0.25) is 0 Å². The van der Waals surface area contributed by atoms with Gasteiger partial charge in [-0.05, 0) is 30.7 Å². The number of anilines is 1. The number of hydrogen-bond donors (Lipinski definition) is 1. The van der Waals surface area contributed by atoms with Gasteiger partial charge >= 0.3 is 0 Å².